The minimum atomic E-state index is 0.452. The fourth-order valence-electron chi connectivity index (χ4n) is 3.22. The zero-order valence-electron chi connectivity index (χ0n) is 11.5. The standard InChI is InChI=1S/C18H17NS/c1-12-15-4-2-3-5-16(15)17(11-19-12)14-7-6-13-8-9-20-18(13)10-14/h2-10,12,17,19H,11H2,1H3/t12-,17-/m1/s1. The smallest absolute Gasteiger partial charge is 0.0345 e. The van der Waals surface area contributed by atoms with Crippen LogP contribution in [0, 0.1) is 0 Å². The summed E-state index contributed by atoms with van der Waals surface area (Å²) in [6, 6.07) is 18.4. The zero-order valence-corrected chi connectivity index (χ0v) is 12.3. The number of benzene rings is 2. The van der Waals surface area contributed by atoms with Gasteiger partial charge in [0.05, 0.1) is 0 Å². The number of rotatable bonds is 1. The molecule has 0 amide bonds. The molecule has 0 spiro atoms. The van der Waals surface area contributed by atoms with Gasteiger partial charge in [0.2, 0.25) is 0 Å². The van der Waals surface area contributed by atoms with E-state index in [9.17, 15) is 0 Å². The molecular formula is C18H17NS. The molecule has 0 unspecified atom stereocenters. The molecule has 3 aromatic rings. The van der Waals surface area contributed by atoms with Gasteiger partial charge in [0.1, 0.15) is 0 Å². The van der Waals surface area contributed by atoms with Crippen molar-refractivity contribution in [3.05, 3.63) is 70.6 Å². The molecule has 1 nitrogen and oxygen atoms in total. The first-order valence-electron chi connectivity index (χ1n) is 7.12. The average molecular weight is 279 g/mol. The summed E-state index contributed by atoms with van der Waals surface area (Å²) >= 11 is 1.83. The van der Waals surface area contributed by atoms with Crippen LogP contribution in [0.15, 0.2) is 53.9 Å². The molecule has 0 aliphatic carbocycles. The predicted molar refractivity (Wildman–Crippen MR) is 86.5 cm³/mol. The largest absolute Gasteiger partial charge is 0.309 e. The van der Waals surface area contributed by atoms with Gasteiger partial charge < -0.3 is 5.32 Å². The molecule has 1 N–H and O–H groups in total. The molecular weight excluding hydrogens is 262 g/mol. The van der Waals surface area contributed by atoms with Gasteiger partial charge in [-0.25, -0.2) is 0 Å². The Bertz CT molecular complexity index is 759. The zero-order chi connectivity index (χ0) is 13.5. The highest BCUT2D eigenvalue weighted by molar-refractivity contribution is 7.17. The molecule has 100 valence electrons. The highest BCUT2D eigenvalue weighted by atomic mass is 32.1. The van der Waals surface area contributed by atoms with E-state index in [-0.39, 0.29) is 0 Å². The summed E-state index contributed by atoms with van der Waals surface area (Å²) in [5.41, 5.74) is 4.34. The Morgan fingerprint density at radius 3 is 2.80 bits per heavy atom. The van der Waals surface area contributed by atoms with Crippen LogP contribution >= 0.6 is 11.3 Å². The van der Waals surface area contributed by atoms with Crippen molar-refractivity contribution in [3.63, 3.8) is 0 Å². The lowest BCUT2D eigenvalue weighted by Crippen LogP contribution is -2.31. The molecule has 1 aliphatic rings. The summed E-state index contributed by atoms with van der Waals surface area (Å²) in [7, 11) is 0. The van der Waals surface area contributed by atoms with Crippen LogP contribution in [0.1, 0.15) is 35.6 Å². The van der Waals surface area contributed by atoms with Crippen molar-refractivity contribution < 1.29 is 0 Å². The van der Waals surface area contributed by atoms with E-state index in [0.29, 0.717) is 12.0 Å². The van der Waals surface area contributed by atoms with Crippen molar-refractivity contribution in [3.8, 4) is 0 Å². The Kier molecular flexibility index (Phi) is 2.86. The molecule has 0 radical (unpaired) electrons. The van der Waals surface area contributed by atoms with Gasteiger partial charge in [-0.2, -0.15) is 0 Å². The number of nitrogens with one attached hydrogen (secondary N) is 1. The maximum absolute atomic E-state index is 3.63. The fraction of sp³-hybridized carbons (Fsp3) is 0.222. The quantitative estimate of drug-likeness (QED) is 0.681. The minimum Gasteiger partial charge on any atom is -0.309 e. The SMILES string of the molecule is C[C@H]1NC[C@H](c2ccc3ccsc3c2)c2ccccc21. The maximum Gasteiger partial charge on any atom is 0.0345 e. The monoisotopic (exact) mass is 279 g/mol. The summed E-state index contributed by atoms with van der Waals surface area (Å²) in [6.45, 7) is 3.27. The molecule has 2 aromatic carbocycles. The van der Waals surface area contributed by atoms with E-state index in [1.165, 1.54) is 26.8 Å². The highest BCUT2D eigenvalue weighted by Gasteiger charge is 2.25. The third-order valence-electron chi connectivity index (χ3n) is 4.35. The fourth-order valence-corrected chi connectivity index (χ4v) is 4.06. The van der Waals surface area contributed by atoms with Crippen LogP contribution in [-0.2, 0) is 0 Å². The van der Waals surface area contributed by atoms with Gasteiger partial charge in [-0.3, -0.25) is 0 Å². The van der Waals surface area contributed by atoms with Crippen molar-refractivity contribution in [2.45, 2.75) is 18.9 Å². The third-order valence-corrected chi connectivity index (χ3v) is 5.23. The van der Waals surface area contributed by atoms with E-state index in [2.05, 4.69) is 66.2 Å². The molecule has 0 bridgehead atoms. The summed E-state index contributed by atoms with van der Waals surface area (Å²) in [6.07, 6.45) is 0. The van der Waals surface area contributed by atoms with Crippen molar-refractivity contribution >= 4 is 21.4 Å². The normalized spacial score (nSPS) is 21.9. The first-order valence-corrected chi connectivity index (χ1v) is 8.00. The lowest BCUT2D eigenvalue weighted by atomic mass is 9.83. The molecule has 1 aliphatic heterocycles. The number of hydrogen-bond acceptors (Lipinski definition) is 2. The number of thiophene rings is 1. The number of fused-ring (bicyclic) bond motifs is 2. The second-order valence-corrected chi connectivity index (χ2v) is 6.48. The van der Waals surface area contributed by atoms with E-state index < -0.39 is 0 Å². The first-order chi connectivity index (χ1) is 9.83. The third kappa shape index (κ3) is 1.88. The minimum absolute atomic E-state index is 0.452. The first kappa shape index (κ1) is 12.1. The van der Waals surface area contributed by atoms with Crippen LogP contribution in [0.3, 0.4) is 0 Å². The molecule has 0 fully saturated rings. The van der Waals surface area contributed by atoms with Gasteiger partial charge in [0, 0.05) is 23.2 Å². The Morgan fingerprint density at radius 1 is 1.05 bits per heavy atom. The van der Waals surface area contributed by atoms with E-state index in [0.717, 1.165) is 6.54 Å². The van der Waals surface area contributed by atoms with E-state index in [1.54, 1.807) is 0 Å². The second kappa shape index (κ2) is 4.72. The Labute approximate surface area is 123 Å². The van der Waals surface area contributed by atoms with Crippen molar-refractivity contribution in [2.75, 3.05) is 6.54 Å². The maximum atomic E-state index is 3.63. The van der Waals surface area contributed by atoms with Gasteiger partial charge in [-0.15, -0.1) is 11.3 Å². The van der Waals surface area contributed by atoms with Gasteiger partial charge in [0.25, 0.3) is 0 Å². The molecule has 1 aromatic heterocycles. The Hall–Kier alpha value is -1.64. The molecule has 20 heavy (non-hydrogen) atoms. The van der Waals surface area contributed by atoms with Crippen LogP contribution in [0.5, 0.6) is 0 Å². The lowest BCUT2D eigenvalue weighted by Gasteiger charge is -2.31. The Morgan fingerprint density at radius 2 is 1.90 bits per heavy atom. The van der Waals surface area contributed by atoms with Gasteiger partial charge in [-0.1, -0.05) is 36.4 Å². The molecule has 2 heteroatoms. The van der Waals surface area contributed by atoms with E-state index in [1.807, 2.05) is 11.3 Å². The highest BCUT2D eigenvalue weighted by Crippen LogP contribution is 2.35. The van der Waals surface area contributed by atoms with Crippen molar-refractivity contribution in [1.29, 1.82) is 0 Å². The van der Waals surface area contributed by atoms with Crippen LogP contribution in [0.25, 0.3) is 10.1 Å². The second-order valence-electron chi connectivity index (χ2n) is 5.53. The summed E-state index contributed by atoms with van der Waals surface area (Å²) in [4.78, 5) is 0. The van der Waals surface area contributed by atoms with Crippen LogP contribution in [-0.4, -0.2) is 6.54 Å². The summed E-state index contributed by atoms with van der Waals surface area (Å²) in [5.74, 6) is 0.467. The van der Waals surface area contributed by atoms with E-state index in [4.69, 9.17) is 0 Å². The van der Waals surface area contributed by atoms with Crippen LogP contribution in [0.4, 0.5) is 0 Å². The molecule has 0 saturated carbocycles. The molecule has 4 rings (SSSR count). The topological polar surface area (TPSA) is 12.0 Å². The predicted octanol–water partition coefficient (Wildman–Crippen LogP) is 4.70. The molecule has 0 saturated heterocycles. The summed E-state index contributed by atoms with van der Waals surface area (Å²) in [5, 5.41) is 7.15. The van der Waals surface area contributed by atoms with Gasteiger partial charge in [0.15, 0.2) is 0 Å². The summed E-state index contributed by atoms with van der Waals surface area (Å²) < 4.78 is 1.39. The number of hydrogen-bond donors (Lipinski definition) is 1. The van der Waals surface area contributed by atoms with Crippen LogP contribution < -0.4 is 5.32 Å². The van der Waals surface area contributed by atoms with Crippen molar-refractivity contribution in [2.24, 2.45) is 0 Å². The van der Waals surface area contributed by atoms with Gasteiger partial charge in [-0.05, 0) is 46.5 Å². The Balaban J connectivity index is 1.84. The molecule has 2 atom stereocenters. The van der Waals surface area contributed by atoms with Crippen LogP contribution in [0.2, 0.25) is 0 Å². The van der Waals surface area contributed by atoms with E-state index >= 15 is 0 Å². The average Bonchev–Trinajstić information content (AvgIpc) is 2.95. The van der Waals surface area contributed by atoms with Gasteiger partial charge >= 0.3 is 0 Å². The molecule has 2 heterocycles. The van der Waals surface area contributed by atoms with Crippen molar-refractivity contribution in [1.82, 2.24) is 5.32 Å². The lowest BCUT2D eigenvalue weighted by molar-refractivity contribution is 0.508.